The fourth-order valence-electron chi connectivity index (χ4n) is 0.889. The zero-order chi connectivity index (χ0) is 8.97. The normalized spacial score (nSPS) is 12.8. The molecule has 1 N–H and O–H groups in total. The molecule has 66 valence electrons. The maximum absolute atomic E-state index is 10.0. The van der Waals surface area contributed by atoms with Gasteiger partial charge in [0.1, 0.15) is 0 Å². The Labute approximate surface area is 69.4 Å². The van der Waals surface area contributed by atoms with Crippen LogP contribution in [0.5, 0.6) is 0 Å². The quantitative estimate of drug-likeness (QED) is 0.405. The Morgan fingerprint density at radius 3 is 2.58 bits per heavy atom. The molecule has 12 heavy (non-hydrogen) atoms. The van der Waals surface area contributed by atoms with Gasteiger partial charge in [-0.15, -0.1) is 0 Å². The van der Waals surface area contributed by atoms with Crippen LogP contribution in [-0.2, 0) is 6.54 Å². The van der Waals surface area contributed by atoms with Crippen LogP contribution in [0, 0.1) is 10.1 Å². The van der Waals surface area contributed by atoms with Gasteiger partial charge in [-0.05, 0) is 12.1 Å². The molecule has 0 spiro atoms. The lowest BCUT2D eigenvalue weighted by atomic mass is 10.4. The molecule has 0 saturated carbocycles. The molecule has 0 radical (unpaired) electrons. The van der Waals surface area contributed by atoms with E-state index in [1.54, 1.807) is 17.0 Å². The van der Waals surface area contributed by atoms with Crippen LogP contribution in [0.3, 0.4) is 0 Å². The van der Waals surface area contributed by atoms with Gasteiger partial charge in [0.2, 0.25) is 0 Å². The predicted molar refractivity (Wildman–Crippen MR) is 42.1 cm³/mol. The van der Waals surface area contributed by atoms with E-state index in [0.717, 1.165) is 0 Å². The Balaban J connectivity index is 2.31. The van der Waals surface area contributed by atoms with E-state index in [2.05, 4.69) is 0 Å². The highest BCUT2D eigenvalue weighted by Gasteiger charge is 2.13. The van der Waals surface area contributed by atoms with Crippen LogP contribution in [-0.4, -0.2) is 20.8 Å². The van der Waals surface area contributed by atoms with Crippen molar-refractivity contribution in [1.29, 1.82) is 0 Å². The molecule has 5 nitrogen and oxygen atoms in total. The molecule has 1 aromatic rings. The number of hydrogen-bond donors (Lipinski definition) is 1. The van der Waals surface area contributed by atoms with Crippen molar-refractivity contribution >= 4 is 0 Å². The number of rotatable bonds is 4. The molecular weight excluding hydrogens is 160 g/mol. The fraction of sp³-hybridized carbons (Fsp3) is 0.429. The van der Waals surface area contributed by atoms with Gasteiger partial charge >= 0.3 is 6.23 Å². The van der Waals surface area contributed by atoms with Gasteiger partial charge in [0.15, 0.2) is 0 Å². The number of hydrogen-bond acceptors (Lipinski definition) is 3. The van der Waals surface area contributed by atoms with E-state index in [1.165, 1.54) is 0 Å². The summed E-state index contributed by atoms with van der Waals surface area (Å²) in [6.45, 7) is 0.467. The van der Waals surface area contributed by atoms with E-state index in [9.17, 15) is 10.1 Å². The standard InChI is InChI=1S/C7H10N2O3/c10-7(9(11)12)3-6-8-4-1-2-5-8/h1-2,4-5,7,10H,3,6H2. The van der Waals surface area contributed by atoms with Crippen molar-refractivity contribution < 1.29 is 10.0 Å². The third-order valence-electron chi connectivity index (χ3n) is 1.56. The Bertz CT molecular complexity index is 245. The van der Waals surface area contributed by atoms with Crippen LogP contribution in [0.4, 0.5) is 0 Å². The summed E-state index contributed by atoms with van der Waals surface area (Å²) in [5.74, 6) is 0. The van der Waals surface area contributed by atoms with Gasteiger partial charge in [-0.3, -0.25) is 10.1 Å². The van der Waals surface area contributed by atoms with Gasteiger partial charge < -0.3 is 9.67 Å². The summed E-state index contributed by atoms with van der Waals surface area (Å²) in [7, 11) is 0. The number of aryl methyl sites for hydroxylation is 1. The second-order valence-electron chi connectivity index (χ2n) is 2.48. The lowest BCUT2D eigenvalue weighted by Gasteiger charge is -2.03. The van der Waals surface area contributed by atoms with Crippen molar-refractivity contribution in [2.45, 2.75) is 19.2 Å². The molecule has 0 aliphatic heterocycles. The number of nitro groups is 1. The first kappa shape index (κ1) is 8.73. The molecule has 0 amide bonds. The highest BCUT2D eigenvalue weighted by atomic mass is 16.7. The van der Waals surface area contributed by atoms with Crippen molar-refractivity contribution in [2.75, 3.05) is 0 Å². The van der Waals surface area contributed by atoms with Crippen LogP contribution in [0.25, 0.3) is 0 Å². The van der Waals surface area contributed by atoms with Crippen molar-refractivity contribution in [1.82, 2.24) is 4.57 Å². The van der Waals surface area contributed by atoms with E-state index in [-0.39, 0.29) is 6.42 Å². The van der Waals surface area contributed by atoms with Crippen molar-refractivity contribution in [2.24, 2.45) is 0 Å². The third kappa shape index (κ3) is 2.35. The average molecular weight is 170 g/mol. The first-order chi connectivity index (χ1) is 5.70. The first-order valence-electron chi connectivity index (χ1n) is 3.62. The molecule has 0 fully saturated rings. The van der Waals surface area contributed by atoms with Crippen molar-refractivity contribution in [3.05, 3.63) is 34.6 Å². The highest BCUT2D eigenvalue weighted by molar-refractivity contribution is 4.89. The second kappa shape index (κ2) is 3.87. The van der Waals surface area contributed by atoms with Gasteiger partial charge in [-0.2, -0.15) is 0 Å². The largest absolute Gasteiger partial charge is 0.354 e. The van der Waals surface area contributed by atoms with E-state index in [1.807, 2.05) is 12.1 Å². The Morgan fingerprint density at radius 2 is 2.08 bits per heavy atom. The van der Waals surface area contributed by atoms with Gasteiger partial charge in [0, 0.05) is 18.9 Å². The molecule has 0 saturated heterocycles. The minimum absolute atomic E-state index is 0.141. The van der Waals surface area contributed by atoms with E-state index in [0.29, 0.717) is 6.54 Å². The van der Waals surface area contributed by atoms with Crippen LogP contribution < -0.4 is 0 Å². The summed E-state index contributed by atoms with van der Waals surface area (Å²) in [5, 5.41) is 18.8. The molecule has 0 aliphatic carbocycles. The van der Waals surface area contributed by atoms with Gasteiger partial charge in [0.25, 0.3) is 0 Å². The van der Waals surface area contributed by atoms with Crippen LogP contribution in [0.15, 0.2) is 24.5 Å². The molecule has 1 heterocycles. The fourth-order valence-corrected chi connectivity index (χ4v) is 0.889. The Morgan fingerprint density at radius 1 is 1.50 bits per heavy atom. The number of aromatic nitrogens is 1. The average Bonchev–Trinajstić information content (AvgIpc) is 2.51. The summed E-state index contributed by atoms with van der Waals surface area (Å²) in [5.41, 5.74) is 0. The SMILES string of the molecule is O=[N+]([O-])C(O)CCn1cccc1. The number of aliphatic hydroxyl groups excluding tert-OH is 1. The molecular formula is C7H10N2O3. The number of aliphatic hydroxyl groups is 1. The smallest absolute Gasteiger partial charge is 0.314 e. The minimum atomic E-state index is -1.45. The summed E-state index contributed by atoms with van der Waals surface area (Å²) in [4.78, 5) is 9.31. The predicted octanol–water partition coefficient (Wildman–Crippen LogP) is 0.473. The zero-order valence-electron chi connectivity index (χ0n) is 6.46. The summed E-state index contributed by atoms with van der Waals surface area (Å²) >= 11 is 0. The summed E-state index contributed by atoms with van der Waals surface area (Å²) < 4.78 is 1.78. The maximum Gasteiger partial charge on any atom is 0.314 e. The molecule has 1 rings (SSSR count). The molecule has 1 unspecified atom stereocenters. The van der Waals surface area contributed by atoms with Crippen LogP contribution >= 0.6 is 0 Å². The zero-order valence-corrected chi connectivity index (χ0v) is 6.46. The molecule has 1 atom stereocenters. The van der Waals surface area contributed by atoms with Crippen LogP contribution in [0.1, 0.15) is 6.42 Å². The van der Waals surface area contributed by atoms with E-state index < -0.39 is 11.2 Å². The van der Waals surface area contributed by atoms with Gasteiger partial charge in [-0.25, -0.2) is 0 Å². The molecule has 5 heteroatoms. The molecule has 0 bridgehead atoms. The maximum atomic E-state index is 10.0. The van der Waals surface area contributed by atoms with Crippen molar-refractivity contribution in [3.63, 3.8) is 0 Å². The summed E-state index contributed by atoms with van der Waals surface area (Å²) in [6, 6.07) is 3.66. The molecule has 0 aromatic carbocycles. The molecule has 1 aromatic heterocycles. The van der Waals surface area contributed by atoms with E-state index >= 15 is 0 Å². The monoisotopic (exact) mass is 170 g/mol. The van der Waals surface area contributed by atoms with E-state index in [4.69, 9.17) is 5.11 Å². The van der Waals surface area contributed by atoms with Crippen LogP contribution in [0.2, 0.25) is 0 Å². The number of nitrogens with zero attached hydrogens (tertiary/aromatic N) is 2. The Kier molecular flexibility index (Phi) is 2.82. The topological polar surface area (TPSA) is 68.3 Å². The lowest BCUT2D eigenvalue weighted by molar-refractivity contribution is -0.571. The van der Waals surface area contributed by atoms with Crippen molar-refractivity contribution in [3.8, 4) is 0 Å². The third-order valence-corrected chi connectivity index (χ3v) is 1.56. The highest BCUT2D eigenvalue weighted by Crippen LogP contribution is 1.97. The summed E-state index contributed by atoms with van der Waals surface area (Å²) in [6.07, 6.45) is 2.29. The second-order valence-corrected chi connectivity index (χ2v) is 2.48. The van der Waals surface area contributed by atoms with Gasteiger partial charge in [-0.1, -0.05) is 0 Å². The first-order valence-corrected chi connectivity index (χ1v) is 3.62. The molecule has 0 aliphatic rings. The van der Waals surface area contributed by atoms with Gasteiger partial charge in [0.05, 0.1) is 11.3 Å². The lowest BCUT2D eigenvalue weighted by Crippen LogP contribution is -2.20. The Hall–Kier alpha value is -1.36. The minimum Gasteiger partial charge on any atom is -0.354 e.